The summed E-state index contributed by atoms with van der Waals surface area (Å²) < 4.78 is 52.0. The Balaban J connectivity index is 0.000000398. The molecule has 12 rings (SSSR count). The van der Waals surface area contributed by atoms with Crippen LogP contribution in [0.4, 0.5) is 40.3 Å². The smallest absolute Gasteiger partial charge is 0.155 e. The van der Waals surface area contributed by atoms with Gasteiger partial charge in [0.2, 0.25) is 0 Å². The molecule has 0 atom stereocenters. The fourth-order valence-corrected chi connectivity index (χ4v) is 8.32. The predicted octanol–water partition coefficient (Wildman–Crippen LogP) is 18.8. The molecule has 5 radical (unpaired) electrons. The van der Waals surface area contributed by atoms with Gasteiger partial charge in [0.1, 0.15) is 0 Å². The number of aryl methyl sites for hydroxylation is 3. The molecule has 18 heteroatoms. The molecule has 0 saturated heterocycles. The molecule has 0 aliphatic rings. The molecule has 7 aromatic carbocycles. The van der Waals surface area contributed by atoms with Crippen molar-refractivity contribution in [3.8, 4) is 56.3 Å². The van der Waals surface area contributed by atoms with E-state index in [1.165, 1.54) is 55.3 Å². The van der Waals surface area contributed by atoms with Crippen LogP contribution in [-0.4, -0.2) is 49.9 Å². The van der Waals surface area contributed by atoms with Crippen molar-refractivity contribution in [2.24, 2.45) is 0 Å². The van der Waals surface area contributed by atoms with Gasteiger partial charge in [-0.15, -0.1) is 143 Å². The number of anilines is 4. The quantitative estimate of drug-likeness (QED) is 0.0620. The first-order valence-electron chi connectivity index (χ1n) is 28.3. The maximum Gasteiger partial charge on any atom is 0.155 e. The van der Waals surface area contributed by atoms with E-state index in [1.54, 1.807) is 49.2 Å². The summed E-state index contributed by atoms with van der Waals surface area (Å²) in [4.78, 5) is 35.4. The van der Waals surface area contributed by atoms with E-state index in [4.69, 9.17) is 5.11 Å². The molecule has 1 N–H and O–H groups in total. The first-order chi connectivity index (χ1) is 43.5. The van der Waals surface area contributed by atoms with Gasteiger partial charge >= 0.3 is 0 Å². The van der Waals surface area contributed by atoms with Crippen molar-refractivity contribution in [3.63, 3.8) is 0 Å². The minimum Gasteiger partial charge on any atom is -0.512 e. The summed E-state index contributed by atoms with van der Waals surface area (Å²) in [5, 5.41) is 8.36. The molecule has 0 aliphatic carbocycles. The summed E-state index contributed by atoms with van der Waals surface area (Å²) >= 11 is 0. The molecule has 0 spiro atoms. The third-order valence-electron chi connectivity index (χ3n) is 12.6. The van der Waals surface area contributed by atoms with Gasteiger partial charge < -0.3 is 39.8 Å². The number of rotatable bonds is 10. The Morgan fingerprint density at radius 3 is 1.29 bits per heavy atom. The largest absolute Gasteiger partial charge is 0.512 e. The molecule has 5 aromatic heterocycles. The topological polar surface area (TPSA) is 108 Å². The average molecular weight is 2160 g/mol. The van der Waals surface area contributed by atoms with Crippen LogP contribution < -0.4 is 9.80 Å². The molecular weight excluding hydrogens is 2090 g/mol. The standard InChI is InChI=1S/C23H16FN2.C13H12FN2.C12H8F2N.2C12H10N.C5H8O2.5Ir/c24-19-13-11-18(12-14-19)23-17-22(15-16-25-23)26(20-7-3-1-4-8-20)21-9-5-2-6-10-21;1-16(2)12-7-8-15-13(9-12)10-3-5-11(14)6-4-10;1-8-4-5-15-12(6-8)10-3-2-9(13)7-11(10)14;1-10-5-4-6-11(9-10)12-7-2-3-8-13-12;1-10-5-7-11(8-6-10)12-4-2-3-9-13-12;1-4(6)3-5(2)7;;;;;/h1-11,13-17H;3,5-9H,1-2H3;2,4-7H,1H3;2-5,7-9H,1H3;2-7,9H,1H3;3,6H,1-2H3;;;;;/q5*-1;;;;;;. The number of benzene rings is 7. The van der Waals surface area contributed by atoms with Crippen molar-refractivity contribution < 1.29 is 128 Å². The van der Waals surface area contributed by atoms with Crippen molar-refractivity contribution >= 4 is 28.5 Å². The van der Waals surface area contributed by atoms with Crippen LogP contribution in [0.5, 0.6) is 0 Å². The van der Waals surface area contributed by atoms with E-state index in [0.29, 0.717) is 5.69 Å². The number of hydrogen-bond acceptors (Lipinski definition) is 9. The maximum atomic E-state index is 13.4. The maximum absolute atomic E-state index is 13.4. The summed E-state index contributed by atoms with van der Waals surface area (Å²) in [5.41, 5.74) is 15.4. The first kappa shape index (κ1) is 83.2. The number of aliphatic hydroxyl groups excluding tert-OH is 1. The van der Waals surface area contributed by atoms with Gasteiger partial charge in [-0.3, -0.25) is 22.4 Å². The molecule has 0 unspecified atom stereocenters. The molecule has 0 bridgehead atoms. The first-order valence-corrected chi connectivity index (χ1v) is 28.3. The summed E-state index contributed by atoms with van der Waals surface area (Å²) in [7, 11) is 3.93. The Bertz CT molecular complexity index is 4150. The van der Waals surface area contributed by atoms with E-state index in [0.717, 1.165) is 85.5 Å². The molecule has 0 fully saturated rings. The third kappa shape index (κ3) is 28.1. The van der Waals surface area contributed by atoms with E-state index in [-0.39, 0.29) is 129 Å². The zero-order valence-electron chi connectivity index (χ0n) is 52.4. The van der Waals surface area contributed by atoms with Crippen molar-refractivity contribution in [2.75, 3.05) is 23.9 Å². The molecule has 9 nitrogen and oxygen atoms in total. The fraction of sp³-hybridized carbons (Fsp3) is 0.0909. The SMILES string of the molecule is CC(=O)C=C(C)O.CN(C)c1ccnc(-c2[c-]cc(F)cc2)c1.Cc1c[c-]c(-c2ccccn2)cc1.Cc1cc[c-]c(-c2ccccn2)c1.Cc1ccnc(-c2[c-]cc(F)cc2F)c1.Fc1c[c-]c(-c2cc(N(c3ccccc3)c3ccccc3)ccn2)cc1.[Ir].[Ir].[Ir].[Ir].[Ir]. The van der Waals surface area contributed by atoms with Crippen molar-refractivity contribution in [1.29, 1.82) is 0 Å². The van der Waals surface area contributed by atoms with Crippen LogP contribution in [0.25, 0.3) is 56.3 Å². The van der Waals surface area contributed by atoms with E-state index in [1.807, 2.05) is 153 Å². The number of carbonyl (C=O) groups is 1. The number of halogens is 4. The van der Waals surface area contributed by atoms with Crippen molar-refractivity contribution in [2.45, 2.75) is 34.6 Å². The zero-order valence-corrected chi connectivity index (χ0v) is 64.4. The molecule has 0 aliphatic heterocycles. The monoisotopic (exact) mass is 2160 g/mol. The van der Waals surface area contributed by atoms with Crippen LogP contribution in [0.15, 0.2) is 261 Å². The van der Waals surface area contributed by atoms with Gasteiger partial charge in [-0.05, 0) is 104 Å². The fourth-order valence-electron chi connectivity index (χ4n) is 8.32. The van der Waals surface area contributed by atoms with Crippen LogP contribution in [0.3, 0.4) is 0 Å². The number of carbonyl (C=O) groups excluding carboxylic acids is 1. The van der Waals surface area contributed by atoms with Gasteiger partial charge in [-0.1, -0.05) is 110 Å². The summed E-state index contributed by atoms with van der Waals surface area (Å²) in [6, 6.07) is 81.1. The minimum atomic E-state index is -0.645. The van der Waals surface area contributed by atoms with E-state index in [2.05, 4.69) is 110 Å². The normalized spacial score (nSPS) is 9.78. The van der Waals surface area contributed by atoms with Gasteiger partial charge in [0.15, 0.2) is 5.78 Å². The van der Waals surface area contributed by atoms with E-state index >= 15 is 0 Å². The van der Waals surface area contributed by atoms with Gasteiger partial charge in [0, 0.05) is 198 Å². The predicted molar refractivity (Wildman–Crippen MR) is 353 cm³/mol. The van der Waals surface area contributed by atoms with Gasteiger partial charge in [0.25, 0.3) is 0 Å². The summed E-state index contributed by atoms with van der Waals surface area (Å²) in [5.74, 6) is -1.93. The number of para-hydroxylation sites is 2. The number of pyridine rings is 5. The van der Waals surface area contributed by atoms with Crippen LogP contribution in [0.2, 0.25) is 0 Å². The average Bonchev–Trinajstić information content (AvgIpc) is 0.838. The molecule has 95 heavy (non-hydrogen) atoms. The van der Waals surface area contributed by atoms with Crippen LogP contribution >= 0.6 is 0 Å². The second-order valence-electron chi connectivity index (χ2n) is 20.2. The number of allylic oxidation sites excluding steroid dienone is 2. The Morgan fingerprint density at radius 2 is 0.853 bits per heavy atom. The zero-order chi connectivity index (χ0) is 64.2. The van der Waals surface area contributed by atoms with E-state index < -0.39 is 11.6 Å². The Labute approximate surface area is 622 Å². The number of ketones is 1. The van der Waals surface area contributed by atoms with Crippen LogP contribution in [0, 0.1) is 74.4 Å². The number of aromatic nitrogens is 5. The van der Waals surface area contributed by atoms with Gasteiger partial charge in [-0.25, -0.2) is 0 Å². The third-order valence-corrected chi connectivity index (χ3v) is 12.6. The number of hydrogen-bond donors (Lipinski definition) is 1. The molecule has 5 heterocycles. The van der Waals surface area contributed by atoms with E-state index in [9.17, 15) is 22.4 Å². The van der Waals surface area contributed by atoms with Crippen molar-refractivity contribution in [1.82, 2.24) is 24.9 Å². The Morgan fingerprint density at radius 1 is 0.400 bits per heavy atom. The minimum absolute atomic E-state index is 0. The Hall–Kier alpha value is -7.93. The summed E-state index contributed by atoms with van der Waals surface area (Å²) in [6.45, 7) is 8.85. The molecule has 0 amide bonds. The molecule has 12 aromatic rings. The number of nitrogens with zero attached hydrogens (tertiary/aromatic N) is 7. The van der Waals surface area contributed by atoms with Gasteiger partial charge in [-0.2, -0.15) is 0 Å². The second kappa shape index (κ2) is 43.9. The van der Waals surface area contributed by atoms with Crippen molar-refractivity contribution in [3.05, 3.63) is 331 Å². The summed E-state index contributed by atoms with van der Waals surface area (Å²) in [6.07, 6.45) is 9.85. The van der Waals surface area contributed by atoms with Crippen LogP contribution in [-0.2, 0) is 105 Å². The number of aliphatic hydroxyl groups is 1. The molecule has 0 saturated carbocycles. The van der Waals surface area contributed by atoms with Crippen LogP contribution in [0.1, 0.15) is 30.5 Å². The molecule has 497 valence electrons. The molecular formula is C77H64F4Ir5N7O2-5. The Kier molecular flexibility index (Phi) is 38.5. The second-order valence-corrected chi connectivity index (χ2v) is 20.2. The van der Waals surface area contributed by atoms with Gasteiger partial charge in [0.05, 0.1) is 5.76 Å².